The van der Waals surface area contributed by atoms with Crippen molar-refractivity contribution < 1.29 is 14.6 Å². The largest absolute Gasteiger partial charge is 0.373 e. The molecule has 0 amide bonds. The molecular weight excluding hydrogens is 324 g/mol. The van der Waals surface area contributed by atoms with E-state index in [4.69, 9.17) is 9.78 Å². The van der Waals surface area contributed by atoms with Gasteiger partial charge in [-0.15, -0.1) is 0 Å². The summed E-state index contributed by atoms with van der Waals surface area (Å²) in [4.78, 5) is 23.0. The first-order chi connectivity index (χ1) is 12.8. The normalized spacial score (nSPS) is 11.9. The molecule has 0 aliphatic rings. The highest BCUT2D eigenvalue weighted by Crippen LogP contribution is 2.28. The minimum atomic E-state index is -0.449. The zero-order valence-electron chi connectivity index (χ0n) is 15.9. The number of hydrogen-bond acceptors (Lipinski definition) is 3. The molecule has 2 rings (SSSR count). The van der Waals surface area contributed by atoms with E-state index in [2.05, 4.69) is 32.0 Å². The molecule has 1 atom stereocenters. The quantitative estimate of drug-likeness (QED) is 0.265. The molecule has 0 aliphatic heterocycles. The maximum Gasteiger partial charge on any atom is 0.373 e. The van der Waals surface area contributed by atoms with Crippen LogP contribution in [0.5, 0.6) is 0 Å². The average Bonchev–Trinajstić information content (AvgIpc) is 2.69. The van der Waals surface area contributed by atoms with Gasteiger partial charge in [0.1, 0.15) is 6.10 Å². The zero-order chi connectivity index (χ0) is 18.6. The molecular formula is C23H30O3. The molecule has 3 heteroatoms. The summed E-state index contributed by atoms with van der Waals surface area (Å²) in [7, 11) is 0. The Kier molecular flexibility index (Phi) is 8.91. The van der Waals surface area contributed by atoms with Crippen LogP contribution in [0.3, 0.4) is 0 Å². The Morgan fingerprint density at radius 2 is 1.58 bits per heavy atom. The Morgan fingerprint density at radius 3 is 2.31 bits per heavy atom. The number of hydrogen-bond donors (Lipinski definition) is 0. The van der Waals surface area contributed by atoms with Crippen LogP contribution in [0.25, 0.3) is 0 Å². The Labute approximate surface area is 157 Å². The smallest absolute Gasteiger partial charge is 0.292 e. The standard InChI is InChI=1S/C23H30O3/c1-3-5-8-13-19-14-11-12-17-21(19)22(18-6-4-2)25-26-23(24)20-15-9-7-10-16-20/h7,9-12,14-17,22H,3-6,8,13,18H2,1-2H3. The molecule has 0 N–H and O–H groups in total. The molecule has 0 saturated heterocycles. The summed E-state index contributed by atoms with van der Waals surface area (Å²) >= 11 is 0. The molecule has 2 aromatic carbocycles. The second kappa shape index (κ2) is 11.5. The van der Waals surface area contributed by atoms with E-state index in [0.29, 0.717) is 5.56 Å². The number of benzene rings is 2. The van der Waals surface area contributed by atoms with Gasteiger partial charge in [-0.25, -0.2) is 4.79 Å². The molecule has 3 nitrogen and oxygen atoms in total. The van der Waals surface area contributed by atoms with Crippen molar-refractivity contribution in [3.05, 3.63) is 71.3 Å². The fraction of sp³-hybridized carbons (Fsp3) is 0.435. The van der Waals surface area contributed by atoms with Crippen LogP contribution in [0.2, 0.25) is 0 Å². The van der Waals surface area contributed by atoms with Crippen molar-refractivity contribution in [2.45, 2.75) is 64.9 Å². The first kappa shape index (κ1) is 20.2. The zero-order valence-corrected chi connectivity index (χ0v) is 15.9. The van der Waals surface area contributed by atoms with Gasteiger partial charge >= 0.3 is 5.97 Å². The predicted octanol–water partition coefficient (Wildman–Crippen LogP) is 6.44. The third-order valence-electron chi connectivity index (χ3n) is 4.52. The molecule has 0 spiro atoms. The summed E-state index contributed by atoms with van der Waals surface area (Å²) < 4.78 is 0. The molecule has 140 valence electrons. The molecule has 0 aliphatic carbocycles. The van der Waals surface area contributed by atoms with E-state index in [1.165, 1.54) is 18.4 Å². The molecule has 0 radical (unpaired) electrons. The SMILES string of the molecule is CCCCCc1ccccc1C(CCCC)OOC(=O)c1ccccc1. The molecule has 26 heavy (non-hydrogen) atoms. The lowest BCUT2D eigenvalue weighted by Crippen LogP contribution is -2.12. The van der Waals surface area contributed by atoms with Gasteiger partial charge in [0.25, 0.3) is 0 Å². The summed E-state index contributed by atoms with van der Waals surface area (Å²) in [5, 5.41) is 0. The highest BCUT2D eigenvalue weighted by atomic mass is 17.2. The molecule has 0 heterocycles. The van der Waals surface area contributed by atoms with Crippen molar-refractivity contribution in [2.75, 3.05) is 0 Å². The summed E-state index contributed by atoms with van der Waals surface area (Å²) in [5.74, 6) is -0.449. The number of unbranched alkanes of at least 4 members (excludes halogenated alkanes) is 3. The third-order valence-corrected chi connectivity index (χ3v) is 4.52. The first-order valence-corrected chi connectivity index (χ1v) is 9.76. The molecule has 1 unspecified atom stereocenters. The van der Waals surface area contributed by atoms with Gasteiger partial charge in [-0.1, -0.05) is 82.0 Å². The Bertz CT molecular complexity index is 652. The number of aryl methyl sites for hydroxylation is 1. The molecule has 0 aromatic heterocycles. The van der Waals surface area contributed by atoms with E-state index in [1.54, 1.807) is 12.1 Å². The fourth-order valence-corrected chi connectivity index (χ4v) is 3.01. The van der Waals surface area contributed by atoms with Crippen LogP contribution in [0.1, 0.15) is 80.0 Å². The summed E-state index contributed by atoms with van der Waals surface area (Å²) in [6.07, 6.45) is 7.33. The van der Waals surface area contributed by atoms with Crippen molar-refractivity contribution in [1.82, 2.24) is 0 Å². The van der Waals surface area contributed by atoms with Gasteiger partial charge < -0.3 is 0 Å². The van der Waals surface area contributed by atoms with Crippen LogP contribution in [-0.4, -0.2) is 5.97 Å². The third kappa shape index (κ3) is 6.30. The van der Waals surface area contributed by atoms with Crippen LogP contribution < -0.4 is 0 Å². The molecule has 2 aromatic rings. The first-order valence-electron chi connectivity index (χ1n) is 9.76. The Hall–Kier alpha value is -2.13. The van der Waals surface area contributed by atoms with E-state index >= 15 is 0 Å². The summed E-state index contributed by atoms with van der Waals surface area (Å²) in [5.41, 5.74) is 2.92. The topological polar surface area (TPSA) is 35.5 Å². The van der Waals surface area contributed by atoms with E-state index in [9.17, 15) is 4.79 Å². The lowest BCUT2D eigenvalue weighted by Gasteiger charge is -2.19. The van der Waals surface area contributed by atoms with E-state index in [0.717, 1.165) is 37.7 Å². The van der Waals surface area contributed by atoms with Crippen LogP contribution in [0.4, 0.5) is 0 Å². The maximum atomic E-state index is 12.2. The van der Waals surface area contributed by atoms with Crippen LogP contribution in [0.15, 0.2) is 54.6 Å². The van der Waals surface area contributed by atoms with Crippen molar-refractivity contribution in [3.63, 3.8) is 0 Å². The van der Waals surface area contributed by atoms with Crippen molar-refractivity contribution in [1.29, 1.82) is 0 Å². The van der Waals surface area contributed by atoms with Crippen LogP contribution in [-0.2, 0) is 16.2 Å². The fourth-order valence-electron chi connectivity index (χ4n) is 3.01. The molecule has 0 saturated carbocycles. The Morgan fingerprint density at radius 1 is 0.885 bits per heavy atom. The van der Waals surface area contributed by atoms with E-state index < -0.39 is 5.97 Å². The van der Waals surface area contributed by atoms with Gasteiger partial charge in [0.15, 0.2) is 0 Å². The highest BCUT2D eigenvalue weighted by Gasteiger charge is 2.19. The van der Waals surface area contributed by atoms with Gasteiger partial charge in [-0.3, -0.25) is 4.89 Å². The average molecular weight is 354 g/mol. The van der Waals surface area contributed by atoms with Gasteiger partial charge in [0, 0.05) is 0 Å². The lowest BCUT2D eigenvalue weighted by molar-refractivity contribution is -0.279. The predicted molar refractivity (Wildman–Crippen MR) is 105 cm³/mol. The van der Waals surface area contributed by atoms with Crippen molar-refractivity contribution in [3.8, 4) is 0 Å². The van der Waals surface area contributed by atoms with Gasteiger partial charge in [-0.2, -0.15) is 4.89 Å². The van der Waals surface area contributed by atoms with E-state index in [-0.39, 0.29) is 6.10 Å². The molecule has 0 fully saturated rings. The number of carbonyl (C=O) groups is 1. The Balaban J connectivity index is 2.08. The number of rotatable bonds is 11. The van der Waals surface area contributed by atoms with Crippen LogP contribution >= 0.6 is 0 Å². The second-order valence-corrected chi connectivity index (χ2v) is 6.62. The minimum Gasteiger partial charge on any atom is -0.292 e. The van der Waals surface area contributed by atoms with Crippen molar-refractivity contribution in [2.24, 2.45) is 0 Å². The molecule has 0 bridgehead atoms. The van der Waals surface area contributed by atoms with Gasteiger partial charge in [-0.05, 0) is 42.5 Å². The minimum absolute atomic E-state index is 0.222. The summed E-state index contributed by atoms with van der Waals surface area (Å²) in [6.45, 7) is 4.36. The highest BCUT2D eigenvalue weighted by molar-refractivity contribution is 5.88. The van der Waals surface area contributed by atoms with E-state index in [1.807, 2.05) is 24.3 Å². The van der Waals surface area contributed by atoms with Crippen molar-refractivity contribution >= 4 is 5.97 Å². The summed E-state index contributed by atoms with van der Waals surface area (Å²) in [6, 6.07) is 17.3. The van der Waals surface area contributed by atoms with Gasteiger partial charge in [0.05, 0.1) is 5.56 Å². The maximum absolute atomic E-state index is 12.2. The second-order valence-electron chi connectivity index (χ2n) is 6.62. The lowest BCUT2D eigenvalue weighted by atomic mass is 9.95. The van der Waals surface area contributed by atoms with Gasteiger partial charge in [0.2, 0.25) is 0 Å². The number of carbonyl (C=O) groups excluding carboxylic acids is 1. The monoisotopic (exact) mass is 354 g/mol. The van der Waals surface area contributed by atoms with Crippen LogP contribution in [0, 0.1) is 0 Å².